The largest absolute Gasteiger partial charge is 0.481 e. The number of amides is 1. The molecule has 3 aromatic rings. The van der Waals surface area contributed by atoms with Gasteiger partial charge in [-0.25, -0.2) is 4.39 Å². The number of carbonyl (C=O) groups is 2. The summed E-state index contributed by atoms with van der Waals surface area (Å²) in [5.41, 5.74) is 2.61. The fourth-order valence-electron chi connectivity index (χ4n) is 4.49. The van der Waals surface area contributed by atoms with Crippen LogP contribution < -0.4 is 0 Å². The summed E-state index contributed by atoms with van der Waals surface area (Å²) < 4.78 is 19.9. The maximum Gasteiger partial charge on any atom is 0.303 e. The summed E-state index contributed by atoms with van der Waals surface area (Å²) in [5.74, 6) is -1.37. The van der Waals surface area contributed by atoms with Crippen LogP contribution in [0.2, 0.25) is 5.02 Å². The summed E-state index contributed by atoms with van der Waals surface area (Å²) in [7, 11) is 0. The maximum absolute atomic E-state index is 13.7. The van der Waals surface area contributed by atoms with E-state index in [-0.39, 0.29) is 18.1 Å². The van der Waals surface area contributed by atoms with Gasteiger partial charge in [0.15, 0.2) is 0 Å². The lowest BCUT2D eigenvalue weighted by atomic mass is 9.90. The molecule has 1 heterocycles. The van der Waals surface area contributed by atoms with Gasteiger partial charge in [-0.1, -0.05) is 66.2 Å². The van der Waals surface area contributed by atoms with E-state index in [1.54, 1.807) is 29.2 Å². The van der Waals surface area contributed by atoms with Crippen molar-refractivity contribution in [3.63, 3.8) is 0 Å². The highest BCUT2D eigenvalue weighted by atomic mass is 35.5. The van der Waals surface area contributed by atoms with E-state index in [2.05, 4.69) is 0 Å². The third-order valence-corrected chi connectivity index (χ3v) is 6.46. The summed E-state index contributed by atoms with van der Waals surface area (Å²) in [5, 5.41) is 9.63. The molecule has 35 heavy (non-hydrogen) atoms. The van der Waals surface area contributed by atoms with Crippen LogP contribution in [0.3, 0.4) is 0 Å². The van der Waals surface area contributed by atoms with Gasteiger partial charge in [-0.3, -0.25) is 9.59 Å². The Morgan fingerprint density at radius 2 is 1.63 bits per heavy atom. The predicted molar refractivity (Wildman–Crippen MR) is 132 cm³/mol. The molecule has 182 valence electrons. The molecule has 5 nitrogen and oxygen atoms in total. The number of hydrogen-bond acceptors (Lipinski definition) is 3. The zero-order valence-electron chi connectivity index (χ0n) is 19.1. The van der Waals surface area contributed by atoms with Crippen LogP contribution in [0.25, 0.3) is 0 Å². The van der Waals surface area contributed by atoms with E-state index in [1.807, 2.05) is 42.5 Å². The number of benzene rings is 3. The van der Waals surface area contributed by atoms with Crippen molar-refractivity contribution in [2.24, 2.45) is 0 Å². The number of carboxylic acid groups (broad SMARTS) is 1. The first-order chi connectivity index (χ1) is 16.9. The molecule has 1 N–H and O–H groups in total. The highest BCUT2D eigenvalue weighted by Gasteiger charge is 2.43. The first kappa shape index (κ1) is 24.9. The Hall–Kier alpha value is -3.22. The lowest BCUT2D eigenvalue weighted by Gasteiger charge is -2.45. The molecule has 0 bridgehead atoms. The number of morpholine rings is 1. The maximum atomic E-state index is 13.7. The van der Waals surface area contributed by atoms with Gasteiger partial charge in [0.2, 0.25) is 0 Å². The molecule has 1 saturated heterocycles. The van der Waals surface area contributed by atoms with Gasteiger partial charge in [-0.2, -0.15) is 0 Å². The number of hydrogen-bond donors (Lipinski definition) is 1. The first-order valence-corrected chi connectivity index (χ1v) is 12.0. The molecule has 3 aromatic carbocycles. The average Bonchev–Trinajstić information content (AvgIpc) is 2.86. The molecule has 0 saturated carbocycles. The first-order valence-electron chi connectivity index (χ1n) is 11.6. The molecular formula is C28H27ClFNO4. The van der Waals surface area contributed by atoms with Gasteiger partial charge >= 0.3 is 5.97 Å². The minimum atomic E-state index is -0.857. The summed E-state index contributed by atoms with van der Waals surface area (Å²) in [4.78, 5) is 26.6. The summed E-state index contributed by atoms with van der Waals surface area (Å²) in [6.45, 7) is 0.395. The highest BCUT2D eigenvalue weighted by Crippen LogP contribution is 2.42. The smallest absolute Gasteiger partial charge is 0.303 e. The van der Waals surface area contributed by atoms with Gasteiger partial charge in [0.25, 0.3) is 5.91 Å². The van der Waals surface area contributed by atoms with Crippen LogP contribution in [0.4, 0.5) is 4.39 Å². The molecule has 4 rings (SSSR count). The molecular weight excluding hydrogens is 469 g/mol. The van der Waals surface area contributed by atoms with Crippen LogP contribution in [0.15, 0.2) is 78.9 Å². The van der Waals surface area contributed by atoms with Gasteiger partial charge in [-0.15, -0.1) is 0 Å². The lowest BCUT2D eigenvalue weighted by Crippen LogP contribution is -2.51. The Kier molecular flexibility index (Phi) is 8.16. The molecule has 0 aliphatic carbocycles. The second kappa shape index (κ2) is 11.5. The van der Waals surface area contributed by atoms with Crippen LogP contribution in [0, 0.1) is 5.82 Å². The quantitative estimate of drug-likeness (QED) is 0.370. The van der Waals surface area contributed by atoms with Gasteiger partial charge in [0.05, 0.1) is 6.04 Å². The third kappa shape index (κ3) is 6.27. The van der Waals surface area contributed by atoms with E-state index < -0.39 is 24.2 Å². The summed E-state index contributed by atoms with van der Waals surface area (Å²) in [6, 6.07) is 22.8. The average molecular weight is 496 g/mol. The molecule has 3 atom stereocenters. The molecule has 1 aliphatic rings. The van der Waals surface area contributed by atoms with E-state index >= 15 is 0 Å². The second-order valence-corrected chi connectivity index (χ2v) is 9.10. The van der Waals surface area contributed by atoms with Crippen molar-refractivity contribution in [2.75, 3.05) is 6.54 Å². The number of rotatable bonds is 9. The normalized spacial score (nSPS) is 20.1. The van der Waals surface area contributed by atoms with E-state index in [9.17, 15) is 14.0 Å². The van der Waals surface area contributed by atoms with Gasteiger partial charge in [0.1, 0.15) is 18.0 Å². The monoisotopic (exact) mass is 495 g/mol. The van der Waals surface area contributed by atoms with Gasteiger partial charge in [-0.05, 0) is 53.8 Å². The van der Waals surface area contributed by atoms with Crippen LogP contribution in [0.1, 0.15) is 48.1 Å². The summed E-state index contributed by atoms with van der Waals surface area (Å²) >= 11 is 6.13. The Labute approximate surface area is 209 Å². The number of carboxylic acids is 1. The molecule has 0 radical (unpaired) electrons. The standard InChI is InChI=1S/C28H27ClFNO4/c29-22-13-11-20(12-14-22)26-27(21-6-2-1-3-7-21)35-24(18-19-9-15-23(30)16-10-19)28(34)31(26)17-5-4-8-25(32)33/h1-3,6-7,9-16,24,26-27H,4-5,8,17-18H2,(H,32,33)/t24-,26+,27-/m1/s1. The van der Waals surface area contributed by atoms with Crippen molar-refractivity contribution in [3.8, 4) is 0 Å². The van der Waals surface area contributed by atoms with E-state index in [0.29, 0.717) is 30.8 Å². The molecule has 1 amide bonds. The molecule has 0 unspecified atom stereocenters. The topological polar surface area (TPSA) is 66.8 Å². The number of carbonyl (C=O) groups excluding carboxylic acids is 1. The van der Waals surface area contributed by atoms with Crippen LogP contribution in [-0.2, 0) is 20.7 Å². The van der Waals surface area contributed by atoms with Gasteiger partial charge < -0.3 is 14.7 Å². The van der Waals surface area contributed by atoms with E-state index in [4.69, 9.17) is 21.4 Å². The van der Waals surface area contributed by atoms with Crippen LogP contribution in [0.5, 0.6) is 0 Å². The molecule has 0 aromatic heterocycles. The Bertz CT molecular complexity index is 1140. The van der Waals surface area contributed by atoms with Crippen molar-refractivity contribution in [1.82, 2.24) is 4.90 Å². The fourth-order valence-corrected chi connectivity index (χ4v) is 4.62. The van der Waals surface area contributed by atoms with E-state index in [1.165, 1.54) is 12.1 Å². The van der Waals surface area contributed by atoms with Crippen molar-refractivity contribution < 1.29 is 23.8 Å². The second-order valence-electron chi connectivity index (χ2n) is 8.67. The molecule has 1 fully saturated rings. The van der Waals surface area contributed by atoms with Crippen LogP contribution in [-0.4, -0.2) is 34.5 Å². The minimum absolute atomic E-state index is 0.0469. The molecule has 7 heteroatoms. The van der Waals surface area contributed by atoms with Crippen molar-refractivity contribution in [3.05, 3.63) is 106 Å². The number of nitrogens with zero attached hydrogens (tertiary/aromatic N) is 1. The number of halogens is 2. The number of ether oxygens (including phenoxy) is 1. The van der Waals surface area contributed by atoms with Crippen molar-refractivity contribution in [2.45, 2.75) is 43.9 Å². The Balaban J connectivity index is 1.69. The molecule has 1 aliphatic heterocycles. The van der Waals surface area contributed by atoms with E-state index in [0.717, 1.165) is 16.7 Å². The Morgan fingerprint density at radius 3 is 2.29 bits per heavy atom. The highest BCUT2D eigenvalue weighted by molar-refractivity contribution is 6.30. The minimum Gasteiger partial charge on any atom is -0.481 e. The summed E-state index contributed by atoms with van der Waals surface area (Å²) in [6.07, 6.45) is 0.166. The SMILES string of the molecule is O=C(O)CCCCN1C(=O)[C@@H](Cc2ccc(F)cc2)O[C@H](c2ccccc2)[C@@H]1c1ccc(Cl)cc1. The number of aliphatic carboxylic acids is 1. The zero-order chi connectivity index (χ0) is 24.8. The number of unbranched alkanes of at least 4 members (excludes halogenated alkanes) is 1. The van der Waals surface area contributed by atoms with Crippen LogP contribution >= 0.6 is 11.6 Å². The van der Waals surface area contributed by atoms with Crippen molar-refractivity contribution in [1.29, 1.82) is 0 Å². The predicted octanol–water partition coefficient (Wildman–Crippen LogP) is 5.99. The lowest BCUT2D eigenvalue weighted by molar-refractivity contribution is -0.174. The third-order valence-electron chi connectivity index (χ3n) is 6.21. The molecule has 0 spiro atoms. The zero-order valence-corrected chi connectivity index (χ0v) is 19.9. The Morgan fingerprint density at radius 1 is 0.943 bits per heavy atom. The van der Waals surface area contributed by atoms with Gasteiger partial charge in [0, 0.05) is 24.4 Å². The fraction of sp³-hybridized carbons (Fsp3) is 0.286. The van der Waals surface area contributed by atoms with Crippen molar-refractivity contribution >= 4 is 23.5 Å².